The Morgan fingerprint density at radius 2 is 1.66 bits per heavy atom. The summed E-state index contributed by atoms with van der Waals surface area (Å²) < 4.78 is 11.6. The van der Waals surface area contributed by atoms with Gasteiger partial charge in [0.15, 0.2) is 0 Å². The minimum Gasteiger partial charge on any atom is -0.334 e. The molecular weight excluding hydrogens is 449 g/mol. The monoisotopic (exact) mass is 477 g/mol. The highest BCUT2D eigenvalue weighted by Gasteiger charge is 2.24. The molecule has 6 heteroatoms. The topological polar surface area (TPSA) is 47.6 Å². The first-order chi connectivity index (χ1) is 14.0. The first-order valence-electron chi connectivity index (χ1n) is 9.42. The van der Waals surface area contributed by atoms with Crippen LogP contribution in [0.4, 0.5) is 5.69 Å². The summed E-state index contributed by atoms with van der Waals surface area (Å²) in [6.07, 6.45) is 5.88. The lowest BCUT2D eigenvalue weighted by molar-refractivity contribution is -0.110. The van der Waals surface area contributed by atoms with Crippen LogP contribution in [0.15, 0.2) is 59.1 Å². The molecule has 4 nitrogen and oxygen atoms in total. The van der Waals surface area contributed by atoms with Gasteiger partial charge in [0, 0.05) is 40.8 Å². The van der Waals surface area contributed by atoms with Crippen molar-refractivity contribution in [2.24, 2.45) is 0 Å². The van der Waals surface area contributed by atoms with Crippen molar-refractivity contribution in [3.63, 3.8) is 0 Å². The Bertz CT molecular complexity index is 857. The van der Waals surface area contributed by atoms with E-state index in [2.05, 4.69) is 21.2 Å². The molecule has 0 bridgehead atoms. The average Bonchev–Trinajstić information content (AvgIpc) is 3.05. The van der Waals surface area contributed by atoms with Crippen molar-refractivity contribution in [3.8, 4) is 0 Å². The van der Waals surface area contributed by atoms with Gasteiger partial charge in [-0.2, -0.15) is 0 Å². The third kappa shape index (κ3) is 7.20. The number of nitrogens with one attached hydrogen (secondary N) is 1. The minimum atomic E-state index is -1.09. The van der Waals surface area contributed by atoms with Crippen LogP contribution in [0.25, 0.3) is 11.6 Å². The van der Waals surface area contributed by atoms with E-state index >= 15 is 0 Å². The highest BCUT2D eigenvalue weighted by atomic mass is 79.9. The summed E-state index contributed by atoms with van der Waals surface area (Å²) in [7, 11) is 2.16. The number of halogens is 1. The van der Waals surface area contributed by atoms with E-state index in [4.69, 9.17) is 9.05 Å². The van der Waals surface area contributed by atoms with Gasteiger partial charge in [-0.1, -0.05) is 54.1 Å². The minimum absolute atomic E-state index is 0.0933. The molecule has 1 aliphatic heterocycles. The van der Waals surface area contributed by atoms with Crippen LogP contribution < -0.4 is 10.6 Å². The average molecular weight is 478 g/mol. The van der Waals surface area contributed by atoms with Gasteiger partial charge in [-0.25, -0.2) is 0 Å². The van der Waals surface area contributed by atoms with Crippen molar-refractivity contribution in [3.05, 3.63) is 70.2 Å². The first-order valence-corrected chi connectivity index (χ1v) is 11.4. The van der Waals surface area contributed by atoms with Gasteiger partial charge in [0.25, 0.3) is 5.91 Å². The van der Waals surface area contributed by atoms with Crippen LogP contribution in [0, 0.1) is 0 Å². The summed E-state index contributed by atoms with van der Waals surface area (Å²) in [5, 5.41) is 3.85. The van der Waals surface area contributed by atoms with Crippen molar-refractivity contribution in [2.45, 2.75) is 27.7 Å². The van der Waals surface area contributed by atoms with Crippen LogP contribution in [0.3, 0.4) is 0 Å². The van der Waals surface area contributed by atoms with Gasteiger partial charge in [-0.15, -0.1) is 0 Å². The Balaban J connectivity index is 0.000000627. The molecule has 29 heavy (non-hydrogen) atoms. The number of anilines is 1. The predicted molar refractivity (Wildman–Crippen MR) is 129 cm³/mol. The Kier molecular flexibility index (Phi) is 11.7. The molecule has 1 aliphatic rings. The fourth-order valence-electron chi connectivity index (χ4n) is 2.48. The number of carbonyl (C=O) groups is 1. The van der Waals surface area contributed by atoms with E-state index in [1.807, 2.05) is 88.4 Å². The van der Waals surface area contributed by atoms with E-state index in [0.29, 0.717) is 5.57 Å². The Hall–Kier alpha value is -1.78. The summed E-state index contributed by atoms with van der Waals surface area (Å²) in [6.45, 7) is 8.00. The third-order valence-electron chi connectivity index (χ3n) is 3.82. The van der Waals surface area contributed by atoms with Gasteiger partial charge in [-0.05, 0) is 55.8 Å². The number of hydrogen-bond acceptors (Lipinski definition) is 3. The fraction of sp³-hybridized carbons (Fsp3) is 0.261. The van der Waals surface area contributed by atoms with Gasteiger partial charge in [-0.3, -0.25) is 4.79 Å². The van der Waals surface area contributed by atoms with E-state index in [1.54, 1.807) is 14.2 Å². The molecular formula is C23H29BrNO3P. The van der Waals surface area contributed by atoms with E-state index < -0.39 is 8.38 Å². The molecule has 0 saturated carbocycles. The first kappa shape index (κ1) is 25.3. The molecule has 2 aromatic rings. The van der Waals surface area contributed by atoms with Crippen LogP contribution in [-0.4, -0.2) is 20.1 Å². The molecule has 2 aromatic carbocycles. The van der Waals surface area contributed by atoms with Crippen molar-refractivity contribution < 1.29 is 13.8 Å². The van der Waals surface area contributed by atoms with Crippen molar-refractivity contribution in [1.29, 1.82) is 0 Å². The zero-order valence-corrected chi connectivity index (χ0v) is 20.3. The van der Waals surface area contributed by atoms with Gasteiger partial charge in [0.2, 0.25) is 8.38 Å². The highest BCUT2D eigenvalue weighted by molar-refractivity contribution is 9.10. The van der Waals surface area contributed by atoms with Crippen LogP contribution in [0.1, 0.15) is 38.8 Å². The molecule has 0 fully saturated rings. The Labute approximate surface area is 184 Å². The summed E-state index contributed by atoms with van der Waals surface area (Å²) in [6, 6.07) is 13.6. The zero-order valence-electron chi connectivity index (χ0n) is 17.8. The number of carbonyl (C=O) groups excluding carboxylic acids is 1. The molecule has 0 aromatic heterocycles. The summed E-state index contributed by atoms with van der Waals surface area (Å²) in [5.74, 6) is -0.0933. The standard InChI is InChI=1S/C17H15BrNO3P.C4H8.C2H6/c1-21-23(22-2)13-5-3-4-11(8-13)9-15-14-10-12(18)6-7-16(14)19-17(15)20;1-3-4-2;1-2/h3-10H,1-2H3,(H,19,20);3-4H,1-2H3;1-2H3/b15-9-;4-3-;. The van der Waals surface area contributed by atoms with Crippen LogP contribution in [-0.2, 0) is 13.8 Å². The molecule has 1 amide bonds. The second-order valence-corrected chi connectivity index (χ2v) is 8.26. The lowest BCUT2D eigenvalue weighted by Crippen LogP contribution is -2.05. The number of rotatable bonds is 4. The number of benzene rings is 2. The van der Waals surface area contributed by atoms with E-state index in [9.17, 15) is 4.79 Å². The Morgan fingerprint density at radius 3 is 2.24 bits per heavy atom. The zero-order chi connectivity index (χ0) is 21.8. The summed E-state index contributed by atoms with van der Waals surface area (Å²) >= 11 is 3.45. The molecule has 0 unspecified atom stereocenters. The molecule has 0 radical (unpaired) electrons. The van der Waals surface area contributed by atoms with Gasteiger partial charge >= 0.3 is 0 Å². The molecule has 156 valence electrons. The molecule has 0 atom stereocenters. The van der Waals surface area contributed by atoms with Crippen molar-refractivity contribution in [1.82, 2.24) is 0 Å². The van der Waals surface area contributed by atoms with Gasteiger partial charge < -0.3 is 14.4 Å². The summed E-state index contributed by atoms with van der Waals surface area (Å²) in [4.78, 5) is 12.2. The van der Waals surface area contributed by atoms with E-state index in [1.165, 1.54) is 0 Å². The van der Waals surface area contributed by atoms with Crippen molar-refractivity contribution >= 4 is 52.9 Å². The highest BCUT2D eigenvalue weighted by Crippen LogP contribution is 2.37. The quantitative estimate of drug-likeness (QED) is 0.299. The van der Waals surface area contributed by atoms with E-state index in [0.717, 1.165) is 26.6 Å². The lowest BCUT2D eigenvalue weighted by atomic mass is 10.0. The second-order valence-electron chi connectivity index (χ2n) is 5.59. The van der Waals surface area contributed by atoms with Crippen LogP contribution in [0.5, 0.6) is 0 Å². The molecule has 1 N–H and O–H groups in total. The maximum absolute atomic E-state index is 12.2. The number of hydrogen-bond donors (Lipinski definition) is 1. The Morgan fingerprint density at radius 1 is 1.00 bits per heavy atom. The smallest absolute Gasteiger partial charge is 0.256 e. The lowest BCUT2D eigenvalue weighted by Gasteiger charge is -2.12. The molecule has 3 rings (SSSR count). The predicted octanol–water partition coefficient (Wildman–Crippen LogP) is 6.78. The van der Waals surface area contributed by atoms with Gasteiger partial charge in [0.05, 0.1) is 0 Å². The van der Waals surface area contributed by atoms with Crippen LogP contribution >= 0.6 is 24.3 Å². The SMILES string of the molecule is C/C=C\C.CC.COP(OC)c1cccc(/C=C2\C(=O)Nc3ccc(Br)cc32)c1. The largest absolute Gasteiger partial charge is 0.334 e. The normalized spacial score (nSPS) is 13.5. The van der Waals surface area contributed by atoms with E-state index in [-0.39, 0.29) is 5.91 Å². The molecule has 0 aliphatic carbocycles. The molecule has 0 spiro atoms. The van der Waals surface area contributed by atoms with Gasteiger partial charge in [0.1, 0.15) is 0 Å². The second kappa shape index (κ2) is 13.4. The third-order valence-corrected chi connectivity index (χ3v) is 5.68. The number of amides is 1. The maximum Gasteiger partial charge on any atom is 0.256 e. The fourth-order valence-corrected chi connectivity index (χ4v) is 3.88. The molecule has 0 saturated heterocycles. The molecule has 1 heterocycles. The van der Waals surface area contributed by atoms with Crippen LogP contribution in [0.2, 0.25) is 0 Å². The number of fused-ring (bicyclic) bond motifs is 1. The summed E-state index contributed by atoms with van der Waals surface area (Å²) in [5.41, 5.74) is 3.31. The maximum atomic E-state index is 12.2. The number of allylic oxidation sites excluding steroid dienone is 2. The van der Waals surface area contributed by atoms with Crippen molar-refractivity contribution in [2.75, 3.05) is 19.5 Å².